The Balaban J connectivity index is 1.94. The molecular weight excluding hydrogens is 240 g/mol. The molecule has 1 saturated heterocycles. The molecule has 0 aromatic heterocycles. The number of aryl methyl sites for hydroxylation is 1. The molecule has 0 saturated carbocycles. The second kappa shape index (κ2) is 6.17. The molecular formula is C15H22N2O2. The van der Waals surface area contributed by atoms with Crippen LogP contribution in [0.4, 0.5) is 0 Å². The van der Waals surface area contributed by atoms with Gasteiger partial charge in [0.2, 0.25) is 5.91 Å². The number of rotatable bonds is 4. The molecule has 4 heteroatoms. The quantitative estimate of drug-likeness (QED) is 0.867. The zero-order valence-electron chi connectivity index (χ0n) is 11.6. The lowest BCUT2D eigenvalue weighted by atomic mass is 10.0. The number of carbonyl (C=O) groups is 1. The molecule has 3 N–H and O–H groups in total. The fraction of sp³-hybridized carbons (Fsp3) is 0.533. The number of hydrogen-bond donors (Lipinski definition) is 2. The van der Waals surface area contributed by atoms with E-state index in [1.807, 2.05) is 25.1 Å². The number of amides is 1. The van der Waals surface area contributed by atoms with Gasteiger partial charge in [0.1, 0.15) is 6.10 Å². The van der Waals surface area contributed by atoms with Gasteiger partial charge in [-0.15, -0.1) is 0 Å². The third kappa shape index (κ3) is 3.33. The summed E-state index contributed by atoms with van der Waals surface area (Å²) in [6.45, 7) is 4.53. The zero-order valence-corrected chi connectivity index (χ0v) is 11.6. The monoisotopic (exact) mass is 262 g/mol. The summed E-state index contributed by atoms with van der Waals surface area (Å²) in [5.74, 6) is -0.0355. The zero-order chi connectivity index (χ0) is 13.8. The molecule has 0 aliphatic carbocycles. The van der Waals surface area contributed by atoms with Gasteiger partial charge in [-0.05, 0) is 37.8 Å². The van der Waals surface area contributed by atoms with Gasteiger partial charge in [-0.1, -0.05) is 24.3 Å². The minimum Gasteiger partial charge on any atom is -0.364 e. The fourth-order valence-corrected chi connectivity index (χ4v) is 2.53. The Morgan fingerprint density at radius 3 is 2.84 bits per heavy atom. The van der Waals surface area contributed by atoms with Crippen LogP contribution in [-0.4, -0.2) is 24.7 Å². The fourth-order valence-electron chi connectivity index (χ4n) is 2.53. The third-order valence-corrected chi connectivity index (χ3v) is 3.68. The van der Waals surface area contributed by atoms with Gasteiger partial charge < -0.3 is 15.8 Å². The minimum atomic E-state index is -0.347. The van der Waals surface area contributed by atoms with Gasteiger partial charge in [0.25, 0.3) is 0 Å². The van der Waals surface area contributed by atoms with Crippen LogP contribution in [0.1, 0.15) is 36.9 Å². The van der Waals surface area contributed by atoms with Crippen LogP contribution in [0.2, 0.25) is 0 Å². The summed E-state index contributed by atoms with van der Waals surface area (Å²) < 4.78 is 5.60. The molecule has 0 radical (unpaired) electrons. The van der Waals surface area contributed by atoms with Crippen molar-refractivity contribution >= 4 is 5.91 Å². The van der Waals surface area contributed by atoms with Crippen molar-refractivity contribution in [1.29, 1.82) is 0 Å². The topological polar surface area (TPSA) is 64.4 Å². The van der Waals surface area contributed by atoms with Gasteiger partial charge in [-0.2, -0.15) is 0 Å². The summed E-state index contributed by atoms with van der Waals surface area (Å²) in [6, 6.07) is 8.07. The Hall–Kier alpha value is -1.39. The van der Waals surface area contributed by atoms with Crippen molar-refractivity contribution in [3.63, 3.8) is 0 Å². The minimum absolute atomic E-state index is 0.00535. The van der Waals surface area contributed by atoms with E-state index in [1.165, 1.54) is 5.56 Å². The maximum atomic E-state index is 12.1. The Kier molecular flexibility index (Phi) is 4.56. The van der Waals surface area contributed by atoms with E-state index in [0.29, 0.717) is 6.54 Å². The van der Waals surface area contributed by atoms with Gasteiger partial charge >= 0.3 is 0 Å². The lowest BCUT2D eigenvalue weighted by molar-refractivity contribution is -0.132. The van der Waals surface area contributed by atoms with Crippen LogP contribution in [0.15, 0.2) is 24.3 Å². The molecule has 2 rings (SSSR count). The number of nitrogens with two attached hydrogens (primary N) is 1. The first kappa shape index (κ1) is 14.0. The highest BCUT2D eigenvalue weighted by atomic mass is 16.5. The second-order valence-electron chi connectivity index (χ2n) is 5.15. The van der Waals surface area contributed by atoms with Crippen LogP contribution in [0.25, 0.3) is 0 Å². The van der Waals surface area contributed by atoms with E-state index in [9.17, 15) is 4.79 Å². The normalized spacial score (nSPS) is 24.2. The maximum Gasteiger partial charge on any atom is 0.249 e. The van der Waals surface area contributed by atoms with Crippen LogP contribution in [0.5, 0.6) is 0 Å². The van der Waals surface area contributed by atoms with Crippen molar-refractivity contribution in [3.8, 4) is 0 Å². The Labute approximate surface area is 114 Å². The Morgan fingerprint density at radius 2 is 2.21 bits per heavy atom. The predicted octanol–water partition coefficient (Wildman–Crippen LogP) is 1.68. The number of ether oxygens (including phenoxy) is 1. The summed E-state index contributed by atoms with van der Waals surface area (Å²) in [6.07, 6.45) is 1.31. The molecule has 1 aromatic carbocycles. The van der Waals surface area contributed by atoms with Crippen molar-refractivity contribution < 1.29 is 9.53 Å². The molecule has 0 bridgehead atoms. The summed E-state index contributed by atoms with van der Waals surface area (Å²) in [5.41, 5.74) is 7.88. The molecule has 4 nitrogen and oxygen atoms in total. The van der Waals surface area contributed by atoms with Crippen LogP contribution in [-0.2, 0) is 9.53 Å². The van der Waals surface area contributed by atoms with Crippen molar-refractivity contribution in [2.45, 2.75) is 44.9 Å². The van der Waals surface area contributed by atoms with Gasteiger partial charge in [0.05, 0.1) is 12.1 Å². The smallest absolute Gasteiger partial charge is 0.249 e. The lowest BCUT2D eigenvalue weighted by Gasteiger charge is -2.19. The lowest BCUT2D eigenvalue weighted by Crippen LogP contribution is -2.37. The van der Waals surface area contributed by atoms with Gasteiger partial charge in [-0.25, -0.2) is 0 Å². The van der Waals surface area contributed by atoms with Crippen LogP contribution >= 0.6 is 0 Å². The molecule has 1 aliphatic rings. The standard InChI is InChI=1S/C15H22N2O2/c1-10-5-3-4-6-13(10)11(2)17-15(18)14-8-7-12(9-16)19-14/h3-6,11-12,14H,7-9,16H2,1-2H3,(H,17,18)/t11?,12-,14+/m1/s1. The first-order valence-corrected chi connectivity index (χ1v) is 6.83. The van der Waals surface area contributed by atoms with E-state index >= 15 is 0 Å². The molecule has 19 heavy (non-hydrogen) atoms. The van der Waals surface area contributed by atoms with E-state index in [4.69, 9.17) is 10.5 Å². The highest BCUT2D eigenvalue weighted by molar-refractivity contribution is 5.81. The first-order valence-electron chi connectivity index (χ1n) is 6.83. The van der Waals surface area contributed by atoms with Crippen molar-refractivity contribution in [2.75, 3.05) is 6.54 Å². The Morgan fingerprint density at radius 1 is 1.47 bits per heavy atom. The van der Waals surface area contributed by atoms with Crippen molar-refractivity contribution in [2.24, 2.45) is 5.73 Å². The van der Waals surface area contributed by atoms with Crippen LogP contribution < -0.4 is 11.1 Å². The summed E-state index contributed by atoms with van der Waals surface area (Å²) in [5, 5.41) is 3.02. The predicted molar refractivity (Wildman–Crippen MR) is 74.7 cm³/mol. The largest absolute Gasteiger partial charge is 0.364 e. The van der Waals surface area contributed by atoms with Gasteiger partial charge in [-0.3, -0.25) is 4.79 Å². The van der Waals surface area contributed by atoms with E-state index in [0.717, 1.165) is 18.4 Å². The highest BCUT2D eigenvalue weighted by Gasteiger charge is 2.30. The molecule has 1 heterocycles. The Bertz CT molecular complexity index is 448. The summed E-state index contributed by atoms with van der Waals surface area (Å²) in [7, 11) is 0. The van der Waals surface area contributed by atoms with E-state index < -0.39 is 0 Å². The number of nitrogens with one attached hydrogen (secondary N) is 1. The number of benzene rings is 1. The molecule has 1 aliphatic heterocycles. The van der Waals surface area contributed by atoms with Gasteiger partial charge in [0, 0.05) is 6.54 Å². The summed E-state index contributed by atoms with van der Waals surface area (Å²) >= 11 is 0. The van der Waals surface area contributed by atoms with E-state index in [1.54, 1.807) is 0 Å². The third-order valence-electron chi connectivity index (χ3n) is 3.68. The summed E-state index contributed by atoms with van der Waals surface area (Å²) in [4.78, 5) is 12.1. The van der Waals surface area contributed by atoms with E-state index in [2.05, 4.69) is 18.3 Å². The molecule has 104 valence electrons. The van der Waals surface area contributed by atoms with Crippen LogP contribution in [0, 0.1) is 6.92 Å². The average Bonchev–Trinajstić information content (AvgIpc) is 2.88. The number of hydrogen-bond acceptors (Lipinski definition) is 3. The molecule has 1 amide bonds. The molecule has 1 unspecified atom stereocenters. The number of carbonyl (C=O) groups excluding carboxylic acids is 1. The second-order valence-corrected chi connectivity index (χ2v) is 5.15. The van der Waals surface area contributed by atoms with Crippen molar-refractivity contribution in [1.82, 2.24) is 5.32 Å². The SMILES string of the molecule is Cc1ccccc1C(C)NC(=O)[C@@H]1CC[C@H](CN)O1. The van der Waals surface area contributed by atoms with Gasteiger partial charge in [0.15, 0.2) is 0 Å². The molecule has 1 fully saturated rings. The maximum absolute atomic E-state index is 12.1. The molecule has 0 spiro atoms. The van der Waals surface area contributed by atoms with E-state index in [-0.39, 0.29) is 24.2 Å². The van der Waals surface area contributed by atoms with Crippen LogP contribution in [0.3, 0.4) is 0 Å². The first-order chi connectivity index (χ1) is 9.11. The molecule has 1 aromatic rings. The molecule has 3 atom stereocenters. The van der Waals surface area contributed by atoms with Crippen molar-refractivity contribution in [3.05, 3.63) is 35.4 Å². The highest BCUT2D eigenvalue weighted by Crippen LogP contribution is 2.21. The average molecular weight is 262 g/mol.